The molecule has 4 rings (SSSR count). The van der Waals surface area contributed by atoms with Gasteiger partial charge in [-0.25, -0.2) is 13.4 Å². The number of likely N-dealkylation sites (N-methyl/N-ethyl adjacent to an activating group) is 1. The van der Waals surface area contributed by atoms with Gasteiger partial charge in [0.25, 0.3) is 5.91 Å². The van der Waals surface area contributed by atoms with Crippen LogP contribution in [0.4, 0.5) is 0 Å². The topological polar surface area (TPSA) is 93.0 Å². The molecule has 2 atom stereocenters. The number of ether oxygens (including phenoxy) is 1. The van der Waals surface area contributed by atoms with Crippen LogP contribution in [0.2, 0.25) is 0 Å². The van der Waals surface area contributed by atoms with Gasteiger partial charge < -0.3 is 14.5 Å². The van der Waals surface area contributed by atoms with Gasteiger partial charge in [0.15, 0.2) is 0 Å². The molecule has 1 fully saturated rings. The number of pyridine rings is 1. The van der Waals surface area contributed by atoms with Crippen LogP contribution in [0.1, 0.15) is 35.7 Å². The number of aromatic nitrogens is 2. The van der Waals surface area contributed by atoms with Gasteiger partial charge in [-0.3, -0.25) is 4.79 Å². The van der Waals surface area contributed by atoms with Crippen molar-refractivity contribution in [3.05, 3.63) is 66.1 Å². The number of benzene rings is 1. The third kappa shape index (κ3) is 4.79. The molecule has 0 bridgehead atoms. The van der Waals surface area contributed by atoms with Crippen molar-refractivity contribution in [1.29, 1.82) is 0 Å². The molecule has 2 aromatic heterocycles. The lowest BCUT2D eigenvalue weighted by Gasteiger charge is -2.21. The minimum Gasteiger partial charge on any atom is -0.374 e. The summed E-state index contributed by atoms with van der Waals surface area (Å²) in [5, 5.41) is 2.86. The number of hydrogen-bond acceptors (Lipinski definition) is 5. The monoisotopic (exact) mass is 442 g/mol. The van der Waals surface area contributed by atoms with Crippen LogP contribution in [-0.2, 0) is 21.3 Å². The summed E-state index contributed by atoms with van der Waals surface area (Å²) >= 11 is 0. The van der Waals surface area contributed by atoms with Gasteiger partial charge in [-0.15, -0.1) is 0 Å². The quantitative estimate of drug-likeness (QED) is 0.607. The van der Waals surface area contributed by atoms with Gasteiger partial charge in [0, 0.05) is 38.7 Å². The highest BCUT2D eigenvalue weighted by molar-refractivity contribution is 7.89. The third-order valence-corrected chi connectivity index (χ3v) is 7.35. The van der Waals surface area contributed by atoms with Crippen LogP contribution in [0.3, 0.4) is 0 Å². The SMILES string of the molecule is CC1CCC(CN(C)S(=O)(=O)c2ccc(CNC(=O)c3ccc4nccn4c3)cc2)O1. The first-order valence-corrected chi connectivity index (χ1v) is 11.7. The molecule has 2 unspecified atom stereocenters. The molecule has 1 saturated heterocycles. The van der Waals surface area contributed by atoms with E-state index in [0.717, 1.165) is 24.1 Å². The second-order valence-corrected chi connectivity index (χ2v) is 9.91. The highest BCUT2D eigenvalue weighted by Crippen LogP contribution is 2.22. The Morgan fingerprint density at radius 1 is 1.23 bits per heavy atom. The molecule has 1 amide bonds. The highest BCUT2D eigenvalue weighted by atomic mass is 32.2. The maximum Gasteiger partial charge on any atom is 0.253 e. The zero-order valence-corrected chi connectivity index (χ0v) is 18.4. The predicted molar refractivity (Wildman–Crippen MR) is 116 cm³/mol. The minimum atomic E-state index is -3.59. The number of carbonyl (C=O) groups excluding carboxylic acids is 1. The van der Waals surface area contributed by atoms with Crippen LogP contribution < -0.4 is 5.32 Å². The summed E-state index contributed by atoms with van der Waals surface area (Å²) in [6.07, 6.45) is 7.11. The fourth-order valence-electron chi connectivity index (χ4n) is 3.70. The molecule has 1 aromatic carbocycles. The lowest BCUT2D eigenvalue weighted by atomic mass is 10.2. The maximum absolute atomic E-state index is 12.8. The number of sulfonamides is 1. The van der Waals surface area contributed by atoms with Crippen LogP contribution in [0.5, 0.6) is 0 Å². The molecule has 3 aromatic rings. The smallest absolute Gasteiger partial charge is 0.253 e. The number of carbonyl (C=O) groups is 1. The van der Waals surface area contributed by atoms with Gasteiger partial charge in [-0.2, -0.15) is 4.31 Å². The van der Waals surface area contributed by atoms with Crippen molar-refractivity contribution < 1.29 is 17.9 Å². The van der Waals surface area contributed by atoms with Crippen LogP contribution in [-0.4, -0.2) is 53.8 Å². The average molecular weight is 443 g/mol. The van der Waals surface area contributed by atoms with E-state index >= 15 is 0 Å². The van der Waals surface area contributed by atoms with Crippen LogP contribution in [0.25, 0.3) is 5.65 Å². The van der Waals surface area contributed by atoms with E-state index in [1.54, 1.807) is 66.4 Å². The molecule has 0 saturated carbocycles. The normalized spacial score (nSPS) is 19.2. The highest BCUT2D eigenvalue weighted by Gasteiger charge is 2.28. The second kappa shape index (κ2) is 8.78. The average Bonchev–Trinajstić information content (AvgIpc) is 3.40. The number of rotatable bonds is 7. The summed E-state index contributed by atoms with van der Waals surface area (Å²) < 4.78 is 34.6. The maximum atomic E-state index is 12.8. The van der Waals surface area contributed by atoms with Crippen molar-refractivity contribution in [3.8, 4) is 0 Å². The Labute approximate surface area is 181 Å². The molecular formula is C22H26N4O4S. The molecule has 0 spiro atoms. The lowest BCUT2D eigenvalue weighted by molar-refractivity contribution is 0.0475. The number of amides is 1. The number of fused-ring (bicyclic) bond motifs is 1. The van der Waals surface area contributed by atoms with E-state index in [4.69, 9.17) is 4.74 Å². The molecule has 1 aliphatic heterocycles. The van der Waals surface area contributed by atoms with E-state index in [9.17, 15) is 13.2 Å². The van der Waals surface area contributed by atoms with Crippen molar-refractivity contribution in [2.24, 2.45) is 0 Å². The predicted octanol–water partition coefficient (Wildman–Crippen LogP) is 2.45. The summed E-state index contributed by atoms with van der Waals surface area (Å²) in [5.41, 5.74) is 2.11. The Morgan fingerprint density at radius 3 is 2.71 bits per heavy atom. The Bertz CT molecular complexity index is 1170. The van der Waals surface area contributed by atoms with Crippen molar-refractivity contribution in [2.45, 2.75) is 43.4 Å². The van der Waals surface area contributed by atoms with Crippen LogP contribution >= 0.6 is 0 Å². The molecular weight excluding hydrogens is 416 g/mol. The zero-order valence-electron chi connectivity index (χ0n) is 17.6. The molecule has 31 heavy (non-hydrogen) atoms. The third-order valence-electron chi connectivity index (χ3n) is 5.52. The van der Waals surface area contributed by atoms with Gasteiger partial charge in [0.1, 0.15) is 5.65 Å². The molecule has 1 aliphatic rings. The standard InChI is InChI=1S/C22H26N4O4S/c1-16-3-7-19(30-16)15-25(2)31(28,29)20-8-4-17(5-9-20)13-24-22(27)18-6-10-21-23-11-12-26(21)14-18/h4-6,8-12,14,16,19H,3,7,13,15H2,1-2H3,(H,24,27). The fourth-order valence-corrected chi connectivity index (χ4v) is 4.90. The first-order chi connectivity index (χ1) is 14.8. The van der Waals surface area contributed by atoms with E-state index in [-0.39, 0.29) is 23.0 Å². The van der Waals surface area contributed by atoms with Crippen LogP contribution in [0.15, 0.2) is 59.9 Å². The van der Waals surface area contributed by atoms with Gasteiger partial charge in [0.05, 0.1) is 22.7 Å². The minimum absolute atomic E-state index is 0.0641. The summed E-state index contributed by atoms with van der Waals surface area (Å²) in [4.78, 5) is 16.8. The molecule has 1 N–H and O–H groups in total. The number of nitrogens with zero attached hydrogens (tertiary/aromatic N) is 3. The number of nitrogens with one attached hydrogen (secondary N) is 1. The molecule has 9 heteroatoms. The van der Waals surface area contributed by atoms with Gasteiger partial charge in [-0.1, -0.05) is 12.1 Å². The van der Waals surface area contributed by atoms with Crippen LogP contribution in [0, 0.1) is 0 Å². The van der Waals surface area contributed by atoms with E-state index in [2.05, 4.69) is 10.3 Å². The summed E-state index contributed by atoms with van der Waals surface area (Å²) in [5.74, 6) is -0.210. The first-order valence-electron chi connectivity index (χ1n) is 10.2. The van der Waals surface area contributed by atoms with Gasteiger partial charge in [-0.05, 0) is 49.6 Å². The van der Waals surface area contributed by atoms with Crippen molar-refractivity contribution in [3.63, 3.8) is 0 Å². The molecule has 3 heterocycles. The van der Waals surface area contributed by atoms with E-state index in [1.165, 1.54) is 4.31 Å². The van der Waals surface area contributed by atoms with Crippen molar-refractivity contribution >= 4 is 21.6 Å². The Morgan fingerprint density at radius 2 is 2.00 bits per heavy atom. The lowest BCUT2D eigenvalue weighted by Crippen LogP contribution is -2.34. The summed E-state index contributed by atoms with van der Waals surface area (Å²) in [6.45, 7) is 2.64. The van der Waals surface area contributed by atoms with Crippen molar-refractivity contribution in [2.75, 3.05) is 13.6 Å². The molecule has 0 radical (unpaired) electrons. The number of imidazole rings is 1. The first kappa shape index (κ1) is 21.5. The Kier molecular flexibility index (Phi) is 6.08. The Hall–Kier alpha value is -2.75. The largest absolute Gasteiger partial charge is 0.374 e. The fraction of sp³-hybridized carbons (Fsp3) is 0.364. The van der Waals surface area contributed by atoms with Crippen molar-refractivity contribution in [1.82, 2.24) is 19.0 Å². The summed E-state index contributed by atoms with van der Waals surface area (Å²) in [7, 11) is -2.02. The van der Waals surface area contributed by atoms with Gasteiger partial charge in [0.2, 0.25) is 10.0 Å². The van der Waals surface area contributed by atoms with E-state index in [0.29, 0.717) is 18.7 Å². The van der Waals surface area contributed by atoms with Gasteiger partial charge >= 0.3 is 0 Å². The number of hydrogen-bond donors (Lipinski definition) is 1. The second-order valence-electron chi connectivity index (χ2n) is 7.87. The molecule has 164 valence electrons. The molecule has 8 nitrogen and oxygen atoms in total. The summed E-state index contributed by atoms with van der Waals surface area (Å²) in [6, 6.07) is 10.1. The van der Waals surface area contributed by atoms with E-state index < -0.39 is 10.0 Å². The zero-order chi connectivity index (χ0) is 22.0. The Balaban J connectivity index is 1.36. The molecule has 0 aliphatic carbocycles. The van der Waals surface area contributed by atoms with E-state index in [1.807, 2.05) is 6.92 Å².